The van der Waals surface area contributed by atoms with Gasteiger partial charge in [-0.15, -0.1) is 22.7 Å². The second-order valence-electron chi connectivity index (χ2n) is 15.9. The van der Waals surface area contributed by atoms with E-state index >= 15 is 0 Å². The Morgan fingerprint density at radius 3 is 1.32 bits per heavy atom. The van der Waals surface area contributed by atoms with Gasteiger partial charge in [0.25, 0.3) is 0 Å². The molecule has 0 spiro atoms. The summed E-state index contributed by atoms with van der Waals surface area (Å²) in [5.41, 5.74) is 10.0. The average molecular weight is 795 g/mol. The third-order valence-electron chi connectivity index (χ3n) is 12.6. The van der Waals surface area contributed by atoms with E-state index in [1.165, 1.54) is 128 Å². The first kappa shape index (κ1) is 33.8. The van der Waals surface area contributed by atoms with Crippen LogP contribution in [0.5, 0.6) is 0 Å². The Balaban J connectivity index is 1.03. The first-order chi connectivity index (χ1) is 29.8. The predicted octanol–water partition coefficient (Wildman–Crippen LogP) is 17.7. The molecule has 2 heteroatoms. The number of rotatable bonds is 4. The van der Waals surface area contributed by atoms with Crippen LogP contribution in [0.1, 0.15) is 0 Å². The molecule has 0 radical (unpaired) electrons. The van der Waals surface area contributed by atoms with Gasteiger partial charge in [0.15, 0.2) is 0 Å². The molecule has 0 N–H and O–H groups in total. The molecule has 0 fully saturated rings. The van der Waals surface area contributed by atoms with Gasteiger partial charge in [-0.3, -0.25) is 0 Å². The lowest BCUT2D eigenvalue weighted by Crippen LogP contribution is -1.92. The van der Waals surface area contributed by atoms with Gasteiger partial charge < -0.3 is 0 Å². The highest BCUT2D eigenvalue weighted by Crippen LogP contribution is 2.50. The molecule has 13 rings (SSSR count). The highest BCUT2D eigenvalue weighted by molar-refractivity contribution is 7.28. The lowest BCUT2D eigenvalue weighted by atomic mass is 9.84. The molecule has 11 aromatic carbocycles. The van der Waals surface area contributed by atoms with Gasteiger partial charge in [-0.1, -0.05) is 170 Å². The number of fused-ring (bicyclic) bond motifs is 12. The number of hydrogen-bond donors (Lipinski definition) is 0. The van der Waals surface area contributed by atoms with E-state index in [0.717, 1.165) is 0 Å². The van der Waals surface area contributed by atoms with E-state index in [9.17, 15) is 0 Å². The highest BCUT2D eigenvalue weighted by atomic mass is 32.1. The minimum Gasteiger partial charge on any atom is -0.135 e. The zero-order valence-corrected chi connectivity index (χ0v) is 34.1. The van der Waals surface area contributed by atoms with E-state index in [1.54, 1.807) is 0 Å². The quantitative estimate of drug-likeness (QED) is 0.123. The van der Waals surface area contributed by atoms with Crippen LogP contribution in [0.25, 0.3) is 128 Å². The van der Waals surface area contributed by atoms with Gasteiger partial charge in [0.05, 0.1) is 0 Å². The summed E-state index contributed by atoms with van der Waals surface area (Å²) in [6, 6.07) is 76.8. The van der Waals surface area contributed by atoms with E-state index in [4.69, 9.17) is 0 Å². The van der Waals surface area contributed by atoms with Gasteiger partial charge >= 0.3 is 0 Å². The second kappa shape index (κ2) is 13.2. The van der Waals surface area contributed by atoms with Crippen molar-refractivity contribution in [3.05, 3.63) is 206 Å². The Morgan fingerprint density at radius 1 is 0.250 bits per heavy atom. The molecule has 0 nitrogen and oxygen atoms in total. The second-order valence-corrected chi connectivity index (χ2v) is 18.0. The van der Waals surface area contributed by atoms with Crippen LogP contribution in [-0.4, -0.2) is 0 Å². The zero-order valence-electron chi connectivity index (χ0n) is 32.4. The maximum absolute atomic E-state index is 2.46. The molecule has 0 saturated heterocycles. The molecule has 0 unspecified atom stereocenters. The van der Waals surface area contributed by atoms with Crippen molar-refractivity contribution in [1.82, 2.24) is 0 Å². The fraction of sp³-hybridized carbons (Fsp3) is 0. The summed E-state index contributed by atoms with van der Waals surface area (Å²) in [4.78, 5) is 0. The first-order valence-corrected chi connectivity index (χ1v) is 22.2. The van der Waals surface area contributed by atoms with Crippen molar-refractivity contribution in [3.8, 4) is 44.5 Å². The van der Waals surface area contributed by atoms with E-state index in [1.807, 2.05) is 22.7 Å². The van der Waals surface area contributed by atoms with Crippen LogP contribution in [0.4, 0.5) is 0 Å². The zero-order chi connectivity index (χ0) is 39.3. The Hall–Kier alpha value is -7.10. The predicted molar refractivity (Wildman–Crippen MR) is 264 cm³/mol. The third-order valence-corrected chi connectivity index (χ3v) is 14.9. The van der Waals surface area contributed by atoms with Crippen LogP contribution in [-0.2, 0) is 0 Å². The largest absolute Gasteiger partial charge is 0.135 e. The Labute approximate surface area is 354 Å². The van der Waals surface area contributed by atoms with Crippen molar-refractivity contribution < 1.29 is 0 Å². The average Bonchev–Trinajstić information content (AvgIpc) is 3.89. The fourth-order valence-electron chi connectivity index (χ4n) is 10.0. The van der Waals surface area contributed by atoms with Crippen LogP contribution < -0.4 is 0 Å². The topological polar surface area (TPSA) is 0 Å². The fourth-order valence-corrected chi connectivity index (χ4v) is 12.4. The molecular formula is C58H34S2. The van der Waals surface area contributed by atoms with E-state index in [-0.39, 0.29) is 0 Å². The summed E-state index contributed by atoms with van der Waals surface area (Å²) in [7, 11) is 0. The molecule has 13 aromatic rings. The van der Waals surface area contributed by atoms with Crippen molar-refractivity contribution in [3.63, 3.8) is 0 Å². The van der Waals surface area contributed by atoms with Crippen molar-refractivity contribution >= 4 is 106 Å². The minimum atomic E-state index is 1.22. The summed E-state index contributed by atoms with van der Waals surface area (Å²) in [6.45, 7) is 0. The van der Waals surface area contributed by atoms with Gasteiger partial charge in [0.1, 0.15) is 0 Å². The molecule has 0 atom stereocenters. The SMILES string of the molecule is c1cc(-c2c3ccccc3c(-c3cccc(-c4cc5sc6ccccc6c5c5c4sc4ccccc45)c3)c3ccccc23)cc(-c2cc3ccccc3c3ccccc23)c1. The monoisotopic (exact) mass is 794 g/mol. The Kier molecular flexibility index (Phi) is 7.45. The molecule has 0 saturated carbocycles. The van der Waals surface area contributed by atoms with E-state index in [2.05, 4.69) is 206 Å². The van der Waals surface area contributed by atoms with Crippen molar-refractivity contribution in [2.75, 3.05) is 0 Å². The molecule has 0 bridgehead atoms. The molecule has 0 aliphatic carbocycles. The molecular weight excluding hydrogens is 761 g/mol. The number of benzene rings is 11. The third kappa shape index (κ3) is 5.02. The van der Waals surface area contributed by atoms with Crippen LogP contribution in [0.3, 0.4) is 0 Å². The molecule has 278 valence electrons. The summed E-state index contributed by atoms with van der Waals surface area (Å²) in [5, 5.41) is 15.6. The summed E-state index contributed by atoms with van der Waals surface area (Å²) >= 11 is 3.83. The van der Waals surface area contributed by atoms with Gasteiger partial charge in [0.2, 0.25) is 0 Å². The molecule has 2 aromatic heterocycles. The van der Waals surface area contributed by atoms with E-state index < -0.39 is 0 Å². The molecule has 0 aliphatic rings. The van der Waals surface area contributed by atoms with Crippen LogP contribution in [0.2, 0.25) is 0 Å². The Morgan fingerprint density at radius 2 is 0.700 bits per heavy atom. The maximum atomic E-state index is 2.46. The van der Waals surface area contributed by atoms with Crippen LogP contribution >= 0.6 is 22.7 Å². The van der Waals surface area contributed by atoms with Crippen LogP contribution in [0.15, 0.2) is 206 Å². The first-order valence-electron chi connectivity index (χ1n) is 20.6. The summed E-state index contributed by atoms with van der Waals surface area (Å²) in [6.07, 6.45) is 0. The Bertz CT molecular complexity index is 3840. The summed E-state index contributed by atoms with van der Waals surface area (Å²) < 4.78 is 5.36. The number of hydrogen-bond acceptors (Lipinski definition) is 2. The summed E-state index contributed by atoms with van der Waals surface area (Å²) in [5.74, 6) is 0. The minimum absolute atomic E-state index is 1.22. The normalized spacial score (nSPS) is 12.0. The van der Waals surface area contributed by atoms with Crippen LogP contribution in [0, 0.1) is 0 Å². The smallest absolute Gasteiger partial charge is 0.0441 e. The molecule has 0 amide bonds. The standard InChI is InChI=1S/C58H34S2/c1-2-20-40-37(15-1)33-49(42-22-4-3-21-41(40)42)35-16-13-18-38(31-35)54-43-23-5-7-25-45(43)55(46-26-8-6-24-44(46)54)39-19-14-17-36(32-39)50-34-53-56(47-27-9-11-29-51(47)59-53)57-48-28-10-12-30-52(48)60-58(50)57/h1-34H. The van der Waals surface area contributed by atoms with Crippen molar-refractivity contribution in [2.45, 2.75) is 0 Å². The maximum Gasteiger partial charge on any atom is 0.0441 e. The molecule has 0 aliphatic heterocycles. The lowest BCUT2D eigenvalue weighted by Gasteiger charge is -2.19. The van der Waals surface area contributed by atoms with Gasteiger partial charge in [-0.2, -0.15) is 0 Å². The number of thiophene rings is 2. The molecule has 60 heavy (non-hydrogen) atoms. The van der Waals surface area contributed by atoms with Crippen molar-refractivity contribution in [1.29, 1.82) is 0 Å². The molecule has 2 heterocycles. The van der Waals surface area contributed by atoms with Crippen molar-refractivity contribution in [2.24, 2.45) is 0 Å². The van der Waals surface area contributed by atoms with E-state index in [0.29, 0.717) is 0 Å². The van der Waals surface area contributed by atoms with Gasteiger partial charge in [-0.25, -0.2) is 0 Å². The lowest BCUT2D eigenvalue weighted by molar-refractivity contribution is 1.63. The van der Waals surface area contributed by atoms with Gasteiger partial charge in [0, 0.05) is 45.9 Å². The van der Waals surface area contributed by atoms with Gasteiger partial charge in [-0.05, 0) is 118 Å². The highest BCUT2D eigenvalue weighted by Gasteiger charge is 2.21.